The molecule has 0 aromatic heterocycles. The highest BCUT2D eigenvalue weighted by Crippen LogP contribution is 2.44. The first-order chi connectivity index (χ1) is 13.2. The highest BCUT2D eigenvalue weighted by atomic mass is 16.6. The summed E-state index contributed by atoms with van der Waals surface area (Å²) in [6.07, 6.45) is 1.02. The summed E-state index contributed by atoms with van der Waals surface area (Å²) in [7, 11) is 0. The van der Waals surface area contributed by atoms with E-state index in [2.05, 4.69) is 0 Å². The number of hydrogen-bond donors (Lipinski definition) is 0. The van der Waals surface area contributed by atoms with Crippen LogP contribution in [0.2, 0.25) is 0 Å². The number of hydrogen-bond acceptors (Lipinski definition) is 5. The zero-order chi connectivity index (χ0) is 20.1. The Kier molecular flexibility index (Phi) is 4.45. The molecule has 4 rings (SSSR count). The van der Waals surface area contributed by atoms with E-state index in [0.29, 0.717) is 50.3 Å². The summed E-state index contributed by atoms with van der Waals surface area (Å²) in [5.41, 5.74) is 0.0681. The minimum Gasteiger partial charge on any atom is -0.444 e. The van der Waals surface area contributed by atoms with E-state index in [0.717, 1.165) is 0 Å². The number of amides is 3. The molecule has 0 bridgehead atoms. The van der Waals surface area contributed by atoms with Crippen molar-refractivity contribution in [2.45, 2.75) is 45.3 Å². The van der Waals surface area contributed by atoms with E-state index >= 15 is 0 Å². The molecule has 0 unspecified atom stereocenters. The standard InChI is InChI=1S/C21H26N2O5/c1-20(2,3)28-19(26)22-10-8-21(9-11-22)13-27-12-16(21)23-17(24)14-6-4-5-7-15(14)18(23)25/h4-7,16H,8-13H2,1-3H3/t16-/m0/s1. The Labute approximate surface area is 164 Å². The summed E-state index contributed by atoms with van der Waals surface area (Å²) in [6.45, 7) is 7.43. The fraction of sp³-hybridized carbons (Fsp3) is 0.571. The molecule has 1 spiro atoms. The van der Waals surface area contributed by atoms with E-state index < -0.39 is 5.60 Å². The molecule has 0 radical (unpaired) electrons. The SMILES string of the molecule is CC(C)(C)OC(=O)N1CCC2(CC1)COC[C@@H]2N1C(=O)c2ccccc2C1=O. The average molecular weight is 386 g/mol. The van der Waals surface area contributed by atoms with Crippen LogP contribution < -0.4 is 0 Å². The van der Waals surface area contributed by atoms with Gasteiger partial charge < -0.3 is 14.4 Å². The van der Waals surface area contributed by atoms with Crippen LogP contribution in [0.1, 0.15) is 54.3 Å². The van der Waals surface area contributed by atoms with Gasteiger partial charge in [0.1, 0.15) is 5.60 Å². The van der Waals surface area contributed by atoms with Crippen molar-refractivity contribution in [3.8, 4) is 0 Å². The molecule has 0 saturated carbocycles. The Balaban J connectivity index is 1.50. The molecule has 3 amide bonds. The summed E-state index contributed by atoms with van der Waals surface area (Å²) in [6, 6.07) is 6.63. The molecule has 0 N–H and O–H groups in total. The maximum atomic E-state index is 12.9. The predicted octanol–water partition coefficient (Wildman–Crippen LogP) is 2.70. The third-order valence-corrected chi connectivity index (χ3v) is 5.92. The van der Waals surface area contributed by atoms with Crippen LogP contribution in [0, 0.1) is 5.41 Å². The van der Waals surface area contributed by atoms with Crippen LogP contribution in [0.25, 0.3) is 0 Å². The first kappa shape index (κ1) is 18.9. The van der Waals surface area contributed by atoms with Crippen molar-refractivity contribution in [2.24, 2.45) is 5.41 Å². The van der Waals surface area contributed by atoms with E-state index in [1.54, 1.807) is 29.2 Å². The molecule has 3 aliphatic rings. The minimum atomic E-state index is -0.536. The number of piperidine rings is 1. The summed E-state index contributed by atoms with van der Waals surface area (Å²) >= 11 is 0. The van der Waals surface area contributed by atoms with E-state index in [1.165, 1.54) is 4.90 Å². The summed E-state index contributed by atoms with van der Waals surface area (Å²) < 4.78 is 11.2. The smallest absolute Gasteiger partial charge is 0.410 e. The van der Waals surface area contributed by atoms with Crippen molar-refractivity contribution in [2.75, 3.05) is 26.3 Å². The lowest BCUT2D eigenvalue weighted by atomic mass is 9.74. The molecular weight excluding hydrogens is 360 g/mol. The molecule has 7 nitrogen and oxygen atoms in total. The van der Waals surface area contributed by atoms with E-state index in [1.807, 2.05) is 20.8 Å². The van der Waals surface area contributed by atoms with Crippen molar-refractivity contribution in [3.63, 3.8) is 0 Å². The number of imide groups is 1. The second kappa shape index (κ2) is 6.58. The number of likely N-dealkylation sites (tertiary alicyclic amines) is 1. The monoisotopic (exact) mass is 386 g/mol. The predicted molar refractivity (Wildman–Crippen MR) is 101 cm³/mol. The Bertz CT molecular complexity index is 785. The number of nitrogens with zero attached hydrogens (tertiary/aromatic N) is 2. The van der Waals surface area contributed by atoms with E-state index in [4.69, 9.17) is 9.47 Å². The quantitative estimate of drug-likeness (QED) is 0.694. The number of rotatable bonds is 1. The minimum absolute atomic E-state index is 0.245. The van der Waals surface area contributed by atoms with Crippen LogP contribution in [0.15, 0.2) is 24.3 Å². The fourth-order valence-electron chi connectivity index (χ4n) is 4.42. The molecule has 1 atom stereocenters. The molecule has 0 aliphatic carbocycles. The Morgan fingerprint density at radius 1 is 1.11 bits per heavy atom. The average Bonchev–Trinajstić information content (AvgIpc) is 3.14. The van der Waals surface area contributed by atoms with Crippen LogP contribution in [0.5, 0.6) is 0 Å². The van der Waals surface area contributed by atoms with Gasteiger partial charge in [0, 0.05) is 18.5 Å². The van der Waals surface area contributed by atoms with E-state index in [-0.39, 0.29) is 29.4 Å². The van der Waals surface area contributed by atoms with Gasteiger partial charge in [0.2, 0.25) is 0 Å². The lowest BCUT2D eigenvalue weighted by Crippen LogP contribution is -2.55. The highest BCUT2D eigenvalue weighted by molar-refractivity contribution is 6.21. The lowest BCUT2D eigenvalue weighted by molar-refractivity contribution is -0.000841. The third-order valence-electron chi connectivity index (χ3n) is 5.92. The Morgan fingerprint density at radius 2 is 1.68 bits per heavy atom. The number of ether oxygens (including phenoxy) is 2. The molecule has 3 heterocycles. The molecule has 7 heteroatoms. The summed E-state index contributed by atoms with van der Waals surface area (Å²) in [5, 5.41) is 0. The molecule has 28 heavy (non-hydrogen) atoms. The van der Waals surface area contributed by atoms with Gasteiger partial charge >= 0.3 is 6.09 Å². The van der Waals surface area contributed by atoms with Crippen LogP contribution >= 0.6 is 0 Å². The van der Waals surface area contributed by atoms with Gasteiger partial charge in [-0.1, -0.05) is 12.1 Å². The number of carbonyl (C=O) groups excluding carboxylic acids is 3. The lowest BCUT2D eigenvalue weighted by Gasteiger charge is -2.43. The maximum absolute atomic E-state index is 12.9. The Hall–Kier alpha value is -2.41. The largest absolute Gasteiger partial charge is 0.444 e. The van der Waals surface area contributed by atoms with Gasteiger partial charge in [-0.2, -0.15) is 0 Å². The van der Waals surface area contributed by atoms with Gasteiger partial charge in [-0.25, -0.2) is 4.79 Å². The van der Waals surface area contributed by atoms with Crippen molar-refractivity contribution in [1.29, 1.82) is 0 Å². The van der Waals surface area contributed by atoms with Crippen LogP contribution in [0.3, 0.4) is 0 Å². The third kappa shape index (κ3) is 3.07. The number of carbonyl (C=O) groups is 3. The molecular formula is C21H26N2O5. The second-order valence-corrected chi connectivity index (χ2v) is 8.89. The van der Waals surface area contributed by atoms with Crippen molar-refractivity contribution < 1.29 is 23.9 Å². The molecule has 3 aliphatic heterocycles. The highest BCUT2D eigenvalue weighted by Gasteiger charge is 2.54. The second-order valence-electron chi connectivity index (χ2n) is 8.89. The van der Waals surface area contributed by atoms with Crippen molar-refractivity contribution in [1.82, 2.24) is 9.80 Å². The van der Waals surface area contributed by atoms with E-state index in [9.17, 15) is 14.4 Å². The van der Waals surface area contributed by atoms with Crippen molar-refractivity contribution in [3.05, 3.63) is 35.4 Å². The fourth-order valence-corrected chi connectivity index (χ4v) is 4.42. The number of benzene rings is 1. The zero-order valence-corrected chi connectivity index (χ0v) is 16.6. The number of fused-ring (bicyclic) bond motifs is 1. The van der Waals surface area contributed by atoms with Gasteiger partial charge in [-0.15, -0.1) is 0 Å². The van der Waals surface area contributed by atoms with Crippen LogP contribution in [-0.4, -0.2) is 65.7 Å². The first-order valence-electron chi connectivity index (χ1n) is 9.74. The zero-order valence-electron chi connectivity index (χ0n) is 16.6. The van der Waals surface area contributed by atoms with Crippen LogP contribution in [0.4, 0.5) is 4.79 Å². The normalized spacial score (nSPS) is 24.0. The maximum Gasteiger partial charge on any atom is 0.410 e. The van der Waals surface area contributed by atoms with Gasteiger partial charge in [0.25, 0.3) is 11.8 Å². The summed E-state index contributed by atoms with van der Waals surface area (Å²) in [5.74, 6) is -0.491. The summed E-state index contributed by atoms with van der Waals surface area (Å²) in [4.78, 5) is 41.3. The molecule has 1 aromatic carbocycles. The Morgan fingerprint density at radius 3 is 2.21 bits per heavy atom. The molecule has 2 fully saturated rings. The van der Waals surface area contributed by atoms with Gasteiger partial charge in [-0.3, -0.25) is 14.5 Å². The van der Waals surface area contributed by atoms with Gasteiger partial charge in [0.05, 0.1) is 30.4 Å². The molecule has 2 saturated heterocycles. The molecule has 150 valence electrons. The van der Waals surface area contributed by atoms with Crippen LogP contribution in [-0.2, 0) is 9.47 Å². The topological polar surface area (TPSA) is 76.2 Å². The first-order valence-corrected chi connectivity index (χ1v) is 9.74. The van der Waals surface area contributed by atoms with Crippen molar-refractivity contribution >= 4 is 17.9 Å². The van der Waals surface area contributed by atoms with Gasteiger partial charge in [0.15, 0.2) is 0 Å². The molecule has 1 aromatic rings. The van der Waals surface area contributed by atoms with Gasteiger partial charge in [-0.05, 0) is 45.7 Å².